The number of pyridine rings is 1. The topological polar surface area (TPSA) is 42.7 Å². The molecule has 0 radical (unpaired) electrons. The van der Waals surface area contributed by atoms with E-state index in [4.69, 9.17) is 0 Å². The normalized spacial score (nSPS) is 10.3. The van der Waals surface area contributed by atoms with Crippen molar-refractivity contribution in [3.05, 3.63) is 40.2 Å². The zero-order valence-corrected chi connectivity index (χ0v) is 10.5. The van der Waals surface area contributed by atoms with Gasteiger partial charge in [0.05, 0.1) is 18.4 Å². The summed E-state index contributed by atoms with van der Waals surface area (Å²) in [6.45, 7) is 0.713. The number of rotatable bonds is 3. The second kappa shape index (κ2) is 4.61. The standard InChI is InChI=1S/C10H11IN4/c1-15-5-4-13-10(15)7-14-9-6-12-3-2-8(9)11/h2-6,14H,7H2,1H3. The molecule has 0 unspecified atom stereocenters. The average molecular weight is 314 g/mol. The maximum absolute atomic E-state index is 4.24. The van der Waals surface area contributed by atoms with Crippen LogP contribution in [0.3, 0.4) is 0 Å². The summed E-state index contributed by atoms with van der Waals surface area (Å²) in [6.07, 6.45) is 7.34. The van der Waals surface area contributed by atoms with Gasteiger partial charge in [0.15, 0.2) is 0 Å². The molecule has 2 heterocycles. The third kappa shape index (κ3) is 2.47. The molecule has 2 aromatic rings. The maximum atomic E-state index is 4.24. The van der Waals surface area contributed by atoms with Gasteiger partial charge in [0.25, 0.3) is 0 Å². The van der Waals surface area contributed by atoms with Crippen LogP contribution < -0.4 is 5.32 Å². The van der Waals surface area contributed by atoms with E-state index in [9.17, 15) is 0 Å². The third-order valence-corrected chi connectivity index (χ3v) is 3.07. The zero-order chi connectivity index (χ0) is 10.7. The van der Waals surface area contributed by atoms with Gasteiger partial charge in [-0.05, 0) is 28.7 Å². The summed E-state index contributed by atoms with van der Waals surface area (Å²) >= 11 is 2.28. The second-order valence-electron chi connectivity index (χ2n) is 3.16. The van der Waals surface area contributed by atoms with Crippen LogP contribution in [0.15, 0.2) is 30.9 Å². The van der Waals surface area contributed by atoms with E-state index < -0.39 is 0 Å². The van der Waals surface area contributed by atoms with Gasteiger partial charge in [-0.3, -0.25) is 4.98 Å². The number of hydrogen-bond donors (Lipinski definition) is 1. The fourth-order valence-corrected chi connectivity index (χ4v) is 1.74. The molecule has 0 fully saturated rings. The fraction of sp³-hybridized carbons (Fsp3) is 0.200. The Hall–Kier alpha value is -1.11. The van der Waals surface area contributed by atoms with E-state index in [2.05, 4.69) is 37.9 Å². The smallest absolute Gasteiger partial charge is 0.127 e. The molecule has 0 aliphatic carbocycles. The molecule has 4 nitrogen and oxygen atoms in total. The summed E-state index contributed by atoms with van der Waals surface area (Å²) in [7, 11) is 1.98. The van der Waals surface area contributed by atoms with E-state index >= 15 is 0 Å². The van der Waals surface area contributed by atoms with Crippen molar-refractivity contribution in [2.45, 2.75) is 6.54 Å². The molecule has 0 aliphatic heterocycles. The van der Waals surface area contributed by atoms with E-state index in [1.807, 2.05) is 30.1 Å². The lowest BCUT2D eigenvalue weighted by atomic mass is 10.4. The van der Waals surface area contributed by atoms with Crippen molar-refractivity contribution in [2.75, 3.05) is 5.32 Å². The summed E-state index contributed by atoms with van der Waals surface area (Å²) in [5.74, 6) is 1.01. The number of nitrogens with one attached hydrogen (secondary N) is 1. The van der Waals surface area contributed by atoms with Crippen LogP contribution in [0.2, 0.25) is 0 Å². The Kier molecular flexibility index (Phi) is 3.20. The second-order valence-corrected chi connectivity index (χ2v) is 4.33. The Labute approximate surface area is 102 Å². The zero-order valence-electron chi connectivity index (χ0n) is 8.31. The summed E-state index contributed by atoms with van der Waals surface area (Å²) in [6, 6.07) is 1.97. The van der Waals surface area contributed by atoms with Crippen LogP contribution in [0, 0.1) is 3.57 Å². The number of aromatic nitrogens is 3. The van der Waals surface area contributed by atoms with Gasteiger partial charge >= 0.3 is 0 Å². The van der Waals surface area contributed by atoms with Crippen molar-refractivity contribution in [3.63, 3.8) is 0 Å². The minimum absolute atomic E-state index is 0.713. The predicted octanol–water partition coefficient (Wildman–Crippen LogP) is 2.03. The Morgan fingerprint density at radius 2 is 2.33 bits per heavy atom. The van der Waals surface area contributed by atoms with Gasteiger partial charge in [-0.1, -0.05) is 0 Å². The number of halogens is 1. The predicted molar refractivity (Wildman–Crippen MR) is 67.5 cm³/mol. The van der Waals surface area contributed by atoms with Crippen LogP contribution in [0.25, 0.3) is 0 Å². The van der Waals surface area contributed by atoms with Crippen molar-refractivity contribution < 1.29 is 0 Å². The summed E-state index contributed by atoms with van der Waals surface area (Å²) < 4.78 is 3.16. The van der Waals surface area contributed by atoms with E-state index in [0.717, 1.165) is 15.1 Å². The van der Waals surface area contributed by atoms with Crippen molar-refractivity contribution >= 4 is 28.3 Å². The first-order valence-electron chi connectivity index (χ1n) is 4.57. The lowest BCUT2D eigenvalue weighted by molar-refractivity contribution is 0.812. The van der Waals surface area contributed by atoms with Crippen LogP contribution in [0.4, 0.5) is 5.69 Å². The van der Waals surface area contributed by atoms with Crippen molar-refractivity contribution in [1.29, 1.82) is 0 Å². The number of hydrogen-bond acceptors (Lipinski definition) is 3. The summed E-state index contributed by atoms with van der Waals surface area (Å²) in [5, 5.41) is 3.30. The van der Waals surface area contributed by atoms with Crippen LogP contribution in [0.1, 0.15) is 5.82 Å². The van der Waals surface area contributed by atoms with Crippen LogP contribution in [0.5, 0.6) is 0 Å². The fourth-order valence-electron chi connectivity index (χ4n) is 1.25. The number of imidazole rings is 1. The van der Waals surface area contributed by atoms with Gasteiger partial charge in [-0.25, -0.2) is 4.98 Å². The highest BCUT2D eigenvalue weighted by molar-refractivity contribution is 14.1. The highest BCUT2D eigenvalue weighted by Crippen LogP contribution is 2.15. The molecular formula is C10H11IN4. The SMILES string of the molecule is Cn1ccnc1CNc1cnccc1I. The molecule has 0 aliphatic rings. The van der Waals surface area contributed by atoms with E-state index in [-0.39, 0.29) is 0 Å². The number of nitrogens with zero attached hydrogens (tertiary/aromatic N) is 3. The first kappa shape index (κ1) is 10.4. The average Bonchev–Trinajstić information content (AvgIpc) is 2.63. The molecular weight excluding hydrogens is 303 g/mol. The van der Waals surface area contributed by atoms with E-state index in [1.165, 1.54) is 0 Å². The van der Waals surface area contributed by atoms with Gasteiger partial charge in [-0.15, -0.1) is 0 Å². The molecule has 1 N–H and O–H groups in total. The minimum atomic E-state index is 0.713. The number of anilines is 1. The van der Waals surface area contributed by atoms with Crippen molar-refractivity contribution in [3.8, 4) is 0 Å². The molecule has 0 saturated heterocycles. The molecule has 2 rings (SSSR count). The molecule has 2 aromatic heterocycles. The highest BCUT2D eigenvalue weighted by Gasteiger charge is 2.01. The van der Waals surface area contributed by atoms with Gasteiger partial charge < -0.3 is 9.88 Å². The minimum Gasteiger partial charge on any atom is -0.376 e. The Morgan fingerprint density at radius 1 is 1.47 bits per heavy atom. The first-order valence-corrected chi connectivity index (χ1v) is 5.65. The van der Waals surface area contributed by atoms with Gasteiger partial charge in [-0.2, -0.15) is 0 Å². The third-order valence-electron chi connectivity index (χ3n) is 2.13. The maximum Gasteiger partial charge on any atom is 0.127 e. The van der Waals surface area contributed by atoms with Gasteiger partial charge in [0.2, 0.25) is 0 Å². The molecule has 0 atom stereocenters. The van der Waals surface area contributed by atoms with Crippen LogP contribution in [-0.4, -0.2) is 14.5 Å². The molecule has 0 bridgehead atoms. The van der Waals surface area contributed by atoms with Crippen molar-refractivity contribution in [2.24, 2.45) is 7.05 Å². The number of aryl methyl sites for hydroxylation is 1. The Balaban J connectivity index is 2.06. The Morgan fingerprint density at radius 3 is 3.00 bits per heavy atom. The lowest BCUT2D eigenvalue weighted by Gasteiger charge is -2.07. The quantitative estimate of drug-likeness (QED) is 0.882. The van der Waals surface area contributed by atoms with Gasteiger partial charge in [0, 0.05) is 29.2 Å². The molecule has 0 aromatic carbocycles. The van der Waals surface area contributed by atoms with Crippen molar-refractivity contribution in [1.82, 2.24) is 14.5 Å². The monoisotopic (exact) mass is 314 g/mol. The molecule has 0 spiro atoms. The van der Waals surface area contributed by atoms with Gasteiger partial charge in [0.1, 0.15) is 5.82 Å². The summed E-state index contributed by atoms with van der Waals surface area (Å²) in [4.78, 5) is 8.31. The van der Waals surface area contributed by atoms with E-state index in [0.29, 0.717) is 6.54 Å². The molecule has 0 saturated carbocycles. The molecule has 78 valence electrons. The first-order chi connectivity index (χ1) is 7.27. The largest absolute Gasteiger partial charge is 0.376 e. The lowest BCUT2D eigenvalue weighted by Crippen LogP contribution is -2.06. The molecule has 15 heavy (non-hydrogen) atoms. The summed E-state index contributed by atoms with van der Waals surface area (Å²) in [5.41, 5.74) is 1.04. The van der Waals surface area contributed by atoms with Crippen LogP contribution in [-0.2, 0) is 13.6 Å². The van der Waals surface area contributed by atoms with Crippen LogP contribution >= 0.6 is 22.6 Å². The highest BCUT2D eigenvalue weighted by atomic mass is 127. The Bertz CT molecular complexity index is 452. The molecule has 5 heteroatoms. The molecule has 0 amide bonds. The van der Waals surface area contributed by atoms with E-state index in [1.54, 1.807) is 12.4 Å².